The lowest BCUT2D eigenvalue weighted by Crippen LogP contribution is -2.07. The van der Waals surface area contributed by atoms with Crippen LogP contribution in [-0.2, 0) is 11.3 Å². The van der Waals surface area contributed by atoms with E-state index >= 15 is 0 Å². The Kier molecular flexibility index (Phi) is 5.00. The van der Waals surface area contributed by atoms with E-state index in [4.69, 9.17) is 10.5 Å². The lowest BCUT2D eigenvalue weighted by molar-refractivity contribution is -0.385. The quantitative estimate of drug-likeness (QED) is 0.299. The second-order valence-electron chi connectivity index (χ2n) is 4.42. The number of rotatable bonds is 5. The van der Waals surface area contributed by atoms with Crippen LogP contribution < -0.4 is 5.73 Å². The van der Waals surface area contributed by atoms with Crippen LogP contribution in [0.4, 0.5) is 11.4 Å². The standard InChI is InChI=1S/C15H14N2O4S/c1-22-14-8-10(6-7-12(14)16)15(18)21-9-11-4-2-3-5-13(11)17(19)20/h2-8H,9,16H2,1H3. The summed E-state index contributed by atoms with van der Waals surface area (Å²) in [4.78, 5) is 23.2. The summed E-state index contributed by atoms with van der Waals surface area (Å²) in [6, 6.07) is 11.0. The van der Waals surface area contributed by atoms with Crippen molar-refractivity contribution in [1.29, 1.82) is 0 Å². The summed E-state index contributed by atoms with van der Waals surface area (Å²) >= 11 is 1.43. The predicted molar refractivity (Wildman–Crippen MR) is 84.9 cm³/mol. The van der Waals surface area contributed by atoms with Crippen LogP contribution in [0.15, 0.2) is 47.4 Å². The number of ether oxygens (including phenoxy) is 1. The summed E-state index contributed by atoms with van der Waals surface area (Å²) in [7, 11) is 0. The summed E-state index contributed by atoms with van der Waals surface area (Å²) in [6.07, 6.45) is 1.86. The lowest BCUT2D eigenvalue weighted by atomic mass is 10.2. The van der Waals surface area contributed by atoms with Gasteiger partial charge in [0.25, 0.3) is 5.69 Å². The minimum Gasteiger partial charge on any atom is -0.457 e. The fourth-order valence-electron chi connectivity index (χ4n) is 1.88. The molecule has 0 bridgehead atoms. The number of carbonyl (C=O) groups excluding carboxylic acids is 1. The van der Waals surface area contributed by atoms with Gasteiger partial charge < -0.3 is 10.5 Å². The molecule has 0 radical (unpaired) electrons. The first kappa shape index (κ1) is 15.8. The van der Waals surface area contributed by atoms with Crippen molar-refractivity contribution in [2.75, 3.05) is 12.0 Å². The van der Waals surface area contributed by atoms with Gasteiger partial charge in [-0.15, -0.1) is 11.8 Å². The fraction of sp³-hybridized carbons (Fsp3) is 0.133. The molecule has 0 spiro atoms. The third kappa shape index (κ3) is 3.56. The Labute approximate surface area is 131 Å². The van der Waals surface area contributed by atoms with Crippen molar-refractivity contribution in [2.45, 2.75) is 11.5 Å². The third-order valence-corrected chi connectivity index (χ3v) is 3.81. The van der Waals surface area contributed by atoms with Gasteiger partial charge in [-0.1, -0.05) is 12.1 Å². The van der Waals surface area contributed by atoms with E-state index in [0.29, 0.717) is 16.8 Å². The molecule has 0 aliphatic heterocycles. The number of carbonyl (C=O) groups is 1. The maximum Gasteiger partial charge on any atom is 0.338 e. The van der Waals surface area contributed by atoms with Crippen LogP contribution in [0.25, 0.3) is 0 Å². The van der Waals surface area contributed by atoms with Gasteiger partial charge in [0.2, 0.25) is 0 Å². The number of hydrogen-bond donors (Lipinski definition) is 1. The van der Waals surface area contributed by atoms with Gasteiger partial charge in [0.05, 0.1) is 16.1 Å². The highest BCUT2D eigenvalue weighted by Gasteiger charge is 2.15. The van der Waals surface area contributed by atoms with Crippen LogP contribution in [0.1, 0.15) is 15.9 Å². The highest BCUT2D eigenvalue weighted by atomic mass is 32.2. The molecule has 2 N–H and O–H groups in total. The van der Waals surface area contributed by atoms with Crippen LogP contribution in [0, 0.1) is 10.1 Å². The largest absolute Gasteiger partial charge is 0.457 e. The average Bonchev–Trinajstić information content (AvgIpc) is 2.53. The zero-order chi connectivity index (χ0) is 16.1. The second-order valence-corrected chi connectivity index (χ2v) is 5.27. The Morgan fingerprint density at radius 2 is 2.05 bits per heavy atom. The van der Waals surface area contributed by atoms with E-state index < -0.39 is 10.9 Å². The molecule has 0 unspecified atom stereocenters. The zero-order valence-corrected chi connectivity index (χ0v) is 12.6. The number of nitro benzene ring substituents is 1. The predicted octanol–water partition coefficient (Wildman–Crippen LogP) is 3.26. The Hall–Kier alpha value is -2.54. The monoisotopic (exact) mass is 318 g/mol. The number of anilines is 1. The SMILES string of the molecule is CSc1cc(C(=O)OCc2ccccc2[N+](=O)[O-])ccc1N. The van der Waals surface area contributed by atoms with Crippen molar-refractivity contribution < 1.29 is 14.5 Å². The van der Waals surface area contributed by atoms with Crippen LogP contribution in [0.5, 0.6) is 0 Å². The van der Waals surface area contributed by atoms with Gasteiger partial charge in [0, 0.05) is 16.6 Å². The molecule has 0 amide bonds. The number of esters is 1. The minimum absolute atomic E-state index is 0.0718. The van der Waals surface area contributed by atoms with Crippen molar-refractivity contribution >= 4 is 29.1 Å². The molecule has 114 valence electrons. The van der Waals surface area contributed by atoms with E-state index in [1.165, 1.54) is 17.8 Å². The molecule has 6 nitrogen and oxygen atoms in total. The molecule has 2 aromatic carbocycles. The maximum atomic E-state index is 12.0. The number of nitro groups is 1. The molecular weight excluding hydrogens is 304 g/mol. The molecule has 0 aromatic heterocycles. The highest BCUT2D eigenvalue weighted by molar-refractivity contribution is 7.98. The molecule has 0 saturated carbocycles. The molecular formula is C15H14N2O4S. The van der Waals surface area contributed by atoms with Crippen LogP contribution in [0.3, 0.4) is 0 Å². The molecule has 7 heteroatoms. The number of para-hydroxylation sites is 1. The summed E-state index contributed by atoms with van der Waals surface area (Å²) in [6.45, 7) is -0.158. The first-order chi connectivity index (χ1) is 10.5. The fourth-order valence-corrected chi connectivity index (χ4v) is 2.42. The number of thioether (sulfide) groups is 1. The Balaban J connectivity index is 2.12. The number of hydrogen-bond acceptors (Lipinski definition) is 6. The number of nitrogen functional groups attached to an aromatic ring is 1. The molecule has 0 heterocycles. The topological polar surface area (TPSA) is 95.5 Å². The second kappa shape index (κ2) is 6.95. The normalized spacial score (nSPS) is 10.2. The molecule has 0 saturated heterocycles. The number of nitrogens with two attached hydrogens (primary N) is 1. The molecule has 2 aromatic rings. The number of benzene rings is 2. The van der Waals surface area contributed by atoms with Gasteiger partial charge >= 0.3 is 5.97 Å². The van der Waals surface area contributed by atoms with E-state index in [2.05, 4.69) is 0 Å². The Morgan fingerprint density at radius 3 is 2.73 bits per heavy atom. The summed E-state index contributed by atoms with van der Waals surface area (Å²) in [5.74, 6) is -0.548. The van der Waals surface area contributed by atoms with Crippen molar-refractivity contribution in [3.8, 4) is 0 Å². The first-order valence-corrected chi connectivity index (χ1v) is 7.58. The number of nitrogens with zero attached hydrogens (tertiary/aromatic N) is 1. The van der Waals surface area contributed by atoms with Crippen molar-refractivity contribution in [3.63, 3.8) is 0 Å². The van der Waals surface area contributed by atoms with Crippen LogP contribution >= 0.6 is 11.8 Å². The van der Waals surface area contributed by atoms with E-state index in [1.54, 1.807) is 36.4 Å². The first-order valence-electron chi connectivity index (χ1n) is 6.36. The molecule has 0 aliphatic carbocycles. The molecule has 0 aliphatic rings. The summed E-state index contributed by atoms with van der Waals surface area (Å²) in [5, 5.41) is 10.9. The van der Waals surface area contributed by atoms with E-state index in [1.807, 2.05) is 6.26 Å². The Morgan fingerprint density at radius 1 is 1.32 bits per heavy atom. The van der Waals surface area contributed by atoms with Gasteiger partial charge in [0.15, 0.2) is 0 Å². The van der Waals surface area contributed by atoms with Crippen molar-refractivity contribution in [1.82, 2.24) is 0 Å². The summed E-state index contributed by atoms with van der Waals surface area (Å²) < 4.78 is 5.15. The third-order valence-electron chi connectivity index (χ3n) is 3.02. The van der Waals surface area contributed by atoms with Gasteiger partial charge in [-0.2, -0.15) is 0 Å². The van der Waals surface area contributed by atoms with Gasteiger partial charge in [-0.25, -0.2) is 4.79 Å². The summed E-state index contributed by atoms with van der Waals surface area (Å²) in [5.41, 5.74) is 6.99. The van der Waals surface area contributed by atoms with E-state index in [0.717, 1.165) is 4.90 Å². The van der Waals surface area contributed by atoms with E-state index in [-0.39, 0.29) is 12.3 Å². The Bertz CT molecular complexity index is 718. The van der Waals surface area contributed by atoms with Gasteiger partial charge in [-0.05, 0) is 30.5 Å². The van der Waals surface area contributed by atoms with Gasteiger partial charge in [0.1, 0.15) is 6.61 Å². The maximum absolute atomic E-state index is 12.0. The highest BCUT2D eigenvalue weighted by Crippen LogP contribution is 2.24. The zero-order valence-electron chi connectivity index (χ0n) is 11.8. The molecule has 2 rings (SSSR count). The lowest BCUT2D eigenvalue weighted by Gasteiger charge is -2.08. The smallest absolute Gasteiger partial charge is 0.338 e. The van der Waals surface area contributed by atoms with E-state index in [9.17, 15) is 14.9 Å². The molecule has 0 atom stereocenters. The van der Waals surface area contributed by atoms with Crippen molar-refractivity contribution in [2.24, 2.45) is 0 Å². The van der Waals surface area contributed by atoms with Crippen molar-refractivity contribution in [3.05, 3.63) is 63.7 Å². The van der Waals surface area contributed by atoms with Crippen LogP contribution in [-0.4, -0.2) is 17.1 Å². The minimum atomic E-state index is -0.548. The molecule has 0 fully saturated rings. The average molecular weight is 318 g/mol. The van der Waals surface area contributed by atoms with Gasteiger partial charge in [-0.3, -0.25) is 10.1 Å². The molecule has 22 heavy (non-hydrogen) atoms. The van der Waals surface area contributed by atoms with Crippen LogP contribution in [0.2, 0.25) is 0 Å².